The van der Waals surface area contributed by atoms with Crippen LogP contribution in [-0.2, 0) is 16.0 Å². The van der Waals surface area contributed by atoms with E-state index in [1.165, 1.54) is 5.56 Å². The Balaban J connectivity index is 2.31. The summed E-state index contributed by atoms with van der Waals surface area (Å²) in [4.78, 5) is 23.5. The molecule has 0 radical (unpaired) electrons. The lowest BCUT2D eigenvalue weighted by molar-refractivity contribution is -0.143. The van der Waals surface area contributed by atoms with Gasteiger partial charge in [-0.25, -0.2) is 0 Å². The van der Waals surface area contributed by atoms with Crippen LogP contribution in [0.15, 0.2) is 24.3 Å². The Morgan fingerprint density at radius 1 is 1.10 bits per heavy atom. The van der Waals surface area contributed by atoms with Crippen molar-refractivity contribution in [3.63, 3.8) is 0 Å². The SMILES string of the molecule is O=C(O)CN(CC(=O)O)C1CCCCc2ccccc21. The maximum absolute atomic E-state index is 11.0. The van der Waals surface area contributed by atoms with Gasteiger partial charge in [0.2, 0.25) is 0 Å². The van der Waals surface area contributed by atoms with Crippen LogP contribution in [0, 0.1) is 0 Å². The Kier molecular flexibility index (Phi) is 4.74. The number of aliphatic carboxylic acids is 2. The molecule has 5 heteroatoms. The monoisotopic (exact) mass is 277 g/mol. The van der Waals surface area contributed by atoms with Crippen LogP contribution in [0.25, 0.3) is 0 Å². The van der Waals surface area contributed by atoms with Gasteiger partial charge in [-0.05, 0) is 30.4 Å². The van der Waals surface area contributed by atoms with Crippen LogP contribution in [0.1, 0.15) is 36.4 Å². The molecule has 1 aliphatic carbocycles. The van der Waals surface area contributed by atoms with Crippen molar-refractivity contribution in [2.75, 3.05) is 13.1 Å². The van der Waals surface area contributed by atoms with E-state index in [1.54, 1.807) is 4.90 Å². The lowest BCUT2D eigenvalue weighted by Gasteiger charge is -2.29. The predicted octanol–water partition coefficient (Wildman–Crippen LogP) is 1.93. The minimum atomic E-state index is -0.993. The maximum atomic E-state index is 11.0. The molecule has 1 aromatic rings. The lowest BCUT2D eigenvalue weighted by Crippen LogP contribution is -2.37. The van der Waals surface area contributed by atoms with Crippen molar-refractivity contribution < 1.29 is 19.8 Å². The van der Waals surface area contributed by atoms with Gasteiger partial charge in [0.15, 0.2) is 0 Å². The maximum Gasteiger partial charge on any atom is 0.317 e. The molecule has 1 aromatic carbocycles. The van der Waals surface area contributed by atoms with Gasteiger partial charge < -0.3 is 10.2 Å². The smallest absolute Gasteiger partial charge is 0.317 e. The number of nitrogens with zero attached hydrogens (tertiary/aromatic N) is 1. The average Bonchev–Trinajstić information content (AvgIpc) is 2.59. The standard InChI is InChI=1S/C15H19NO4/c17-14(18)9-16(10-15(19)20)13-8-4-2-6-11-5-1-3-7-12(11)13/h1,3,5,7,13H,2,4,6,8-10H2,(H,17,18)(H,19,20). The van der Waals surface area contributed by atoms with Crippen molar-refractivity contribution in [3.8, 4) is 0 Å². The second-order valence-corrected chi connectivity index (χ2v) is 5.15. The summed E-state index contributed by atoms with van der Waals surface area (Å²) < 4.78 is 0. The molecule has 0 amide bonds. The number of carboxylic acids is 2. The highest BCUT2D eigenvalue weighted by Crippen LogP contribution is 2.32. The molecule has 0 saturated carbocycles. The molecule has 108 valence electrons. The number of benzene rings is 1. The van der Waals surface area contributed by atoms with E-state index >= 15 is 0 Å². The molecule has 0 fully saturated rings. The number of carboxylic acid groups (broad SMARTS) is 2. The van der Waals surface area contributed by atoms with E-state index in [1.807, 2.05) is 24.3 Å². The molecule has 2 rings (SSSR count). The Labute approximate surface area is 117 Å². The van der Waals surface area contributed by atoms with Gasteiger partial charge in [0.25, 0.3) is 0 Å². The summed E-state index contributed by atoms with van der Waals surface area (Å²) in [6.07, 6.45) is 3.81. The van der Waals surface area contributed by atoms with E-state index in [0.29, 0.717) is 0 Å². The van der Waals surface area contributed by atoms with E-state index in [9.17, 15) is 9.59 Å². The van der Waals surface area contributed by atoms with Crippen LogP contribution in [-0.4, -0.2) is 40.1 Å². The van der Waals surface area contributed by atoms with Crippen molar-refractivity contribution in [2.24, 2.45) is 0 Å². The molecule has 0 aromatic heterocycles. The Morgan fingerprint density at radius 3 is 2.40 bits per heavy atom. The molecule has 1 atom stereocenters. The highest BCUT2D eigenvalue weighted by atomic mass is 16.4. The fourth-order valence-corrected chi connectivity index (χ4v) is 2.90. The summed E-state index contributed by atoms with van der Waals surface area (Å²) in [5, 5.41) is 18.0. The number of rotatable bonds is 5. The quantitative estimate of drug-likeness (QED) is 0.804. The van der Waals surface area contributed by atoms with Crippen molar-refractivity contribution >= 4 is 11.9 Å². The molecular weight excluding hydrogens is 258 g/mol. The summed E-state index contributed by atoms with van der Waals surface area (Å²) in [5.41, 5.74) is 2.28. The van der Waals surface area contributed by atoms with Crippen LogP contribution < -0.4 is 0 Å². The molecule has 20 heavy (non-hydrogen) atoms. The minimum Gasteiger partial charge on any atom is -0.480 e. The molecule has 0 saturated heterocycles. The average molecular weight is 277 g/mol. The third-order valence-corrected chi connectivity index (χ3v) is 3.71. The summed E-state index contributed by atoms with van der Waals surface area (Å²) in [7, 11) is 0. The van der Waals surface area contributed by atoms with Gasteiger partial charge in [-0.1, -0.05) is 30.7 Å². The number of hydrogen-bond donors (Lipinski definition) is 2. The Bertz CT molecular complexity index is 484. The summed E-state index contributed by atoms with van der Waals surface area (Å²) >= 11 is 0. The molecule has 1 aliphatic rings. The molecule has 5 nitrogen and oxygen atoms in total. The van der Waals surface area contributed by atoms with Crippen molar-refractivity contribution in [1.82, 2.24) is 4.90 Å². The predicted molar refractivity (Wildman–Crippen MR) is 73.6 cm³/mol. The van der Waals surface area contributed by atoms with Crippen molar-refractivity contribution in [1.29, 1.82) is 0 Å². The zero-order valence-electron chi connectivity index (χ0n) is 11.3. The minimum absolute atomic E-state index is 0.124. The first-order chi connectivity index (χ1) is 9.58. The van der Waals surface area contributed by atoms with Gasteiger partial charge >= 0.3 is 11.9 Å². The van der Waals surface area contributed by atoms with Gasteiger partial charge in [0, 0.05) is 6.04 Å². The normalized spacial score (nSPS) is 18.4. The van der Waals surface area contributed by atoms with Crippen molar-refractivity contribution in [3.05, 3.63) is 35.4 Å². The molecular formula is C15H19NO4. The first-order valence-corrected chi connectivity index (χ1v) is 6.83. The summed E-state index contributed by atoms with van der Waals surface area (Å²) in [6.45, 7) is -0.489. The van der Waals surface area contributed by atoms with Crippen molar-refractivity contribution in [2.45, 2.75) is 31.7 Å². The first kappa shape index (κ1) is 14.5. The lowest BCUT2D eigenvalue weighted by atomic mass is 9.97. The van der Waals surface area contributed by atoms with Crippen LogP contribution in [0.5, 0.6) is 0 Å². The number of aryl methyl sites for hydroxylation is 1. The van der Waals surface area contributed by atoms with Gasteiger partial charge in [-0.3, -0.25) is 14.5 Å². The second-order valence-electron chi connectivity index (χ2n) is 5.15. The van der Waals surface area contributed by atoms with Gasteiger partial charge in [0.05, 0.1) is 13.1 Å². The summed E-state index contributed by atoms with van der Waals surface area (Å²) in [6, 6.07) is 7.81. The second kappa shape index (κ2) is 6.52. The number of fused-ring (bicyclic) bond motifs is 1. The summed E-state index contributed by atoms with van der Waals surface area (Å²) in [5.74, 6) is -1.99. The highest BCUT2D eigenvalue weighted by molar-refractivity contribution is 5.72. The highest BCUT2D eigenvalue weighted by Gasteiger charge is 2.27. The molecule has 1 unspecified atom stereocenters. The first-order valence-electron chi connectivity index (χ1n) is 6.83. The van der Waals surface area contributed by atoms with E-state index < -0.39 is 11.9 Å². The number of carbonyl (C=O) groups is 2. The van der Waals surface area contributed by atoms with E-state index in [0.717, 1.165) is 31.2 Å². The fourth-order valence-electron chi connectivity index (χ4n) is 2.90. The zero-order valence-corrected chi connectivity index (χ0v) is 11.3. The van der Waals surface area contributed by atoms with E-state index in [-0.39, 0.29) is 19.1 Å². The molecule has 0 spiro atoms. The van der Waals surface area contributed by atoms with Crippen LogP contribution in [0.4, 0.5) is 0 Å². The largest absolute Gasteiger partial charge is 0.480 e. The molecule has 0 aliphatic heterocycles. The van der Waals surface area contributed by atoms with Crippen LogP contribution >= 0.6 is 0 Å². The molecule has 2 N–H and O–H groups in total. The van der Waals surface area contributed by atoms with E-state index in [4.69, 9.17) is 10.2 Å². The Morgan fingerprint density at radius 2 is 1.75 bits per heavy atom. The fraction of sp³-hybridized carbons (Fsp3) is 0.467. The third kappa shape index (κ3) is 3.57. The molecule has 0 heterocycles. The third-order valence-electron chi connectivity index (χ3n) is 3.71. The van der Waals surface area contributed by atoms with Crippen LogP contribution in [0.2, 0.25) is 0 Å². The van der Waals surface area contributed by atoms with Gasteiger partial charge in [-0.15, -0.1) is 0 Å². The number of hydrogen-bond acceptors (Lipinski definition) is 3. The van der Waals surface area contributed by atoms with E-state index in [2.05, 4.69) is 0 Å². The van der Waals surface area contributed by atoms with Gasteiger partial charge in [0.1, 0.15) is 0 Å². The van der Waals surface area contributed by atoms with Crippen LogP contribution in [0.3, 0.4) is 0 Å². The Hall–Kier alpha value is -1.88. The molecule has 0 bridgehead atoms. The zero-order chi connectivity index (χ0) is 14.5. The topological polar surface area (TPSA) is 77.8 Å². The van der Waals surface area contributed by atoms with Gasteiger partial charge in [-0.2, -0.15) is 0 Å².